The van der Waals surface area contributed by atoms with Crippen LogP contribution < -0.4 is 4.72 Å². The lowest BCUT2D eigenvalue weighted by Crippen LogP contribution is -2.32. The van der Waals surface area contributed by atoms with E-state index in [1.54, 1.807) is 18.2 Å². The quantitative estimate of drug-likeness (QED) is 0.713. The molecule has 0 saturated heterocycles. The van der Waals surface area contributed by atoms with Crippen LogP contribution in [-0.4, -0.2) is 19.9 Å². The summed E-state index contributed by atoms with van der Waals surface area (Å²) >= 11 is 0. The van der Waals surface area contributed by atoms with Crippen LogP contribution in [0.3, 0.4) is 0 Å². The van der Waals surface area contributed by atoms with Gasteiger partial charge in [0, 0.05) is 29.1 Å². The van der Waals surface area contributed by atoms with Crippen LogP contribution in [0.2, 0.25) is 0 Å². The van der Waals surface area contributed by atoms with Crippen molar-refractivity contribution in [2.45, 2.75) is 37.0 Å². The van der Waals surface area contributed by atoms with Crippen LogP contribution in [0, 0.1) is 19.7 Å². The van der Waals surface area contributed by atoms with E-state index in [9.17, 15) is 12.8 Å². The third kappa shape index (κ3) is 2.93. The van der Waals surface area contributed by atoms with E-state index in [0.717, 1.165) is 40.4 Å². The first kappa shape index (κ1) is 17.2. The molecule has 4 nitrogen and oxygen atoms in total. The van der Waals surface area contributed by atoms with Gasteiger partial charge >= 0.3 is 0 Å². The number of hydrogen-bond donors (Lipinski definition) is 2. The highest BCUT2D eigenvalue weighted by atomic mass is 32.2. The highest BCUT2D eigenvalue weighted by Gasteiger charge is 2.46. The number of aryl methyl sites for hydroxylation is 2. The molecule has 136 valence electrons. The SMILES string of the molecule is Cc1ccc(S(=O)(=O)NCC2(c3c[nH]c4ccc(F)cc34)CC2)cc1C. The fourth-order valence-electron chi connectivity index (χ4n) is 3.42. The van der Waals surface area contributed by atoms with Crippen molar-refractivity contribution in [3.63, 3.8) is 0 Å². The molecular formula is C20H21FN2O2S. The summed E-state index contributed by atoms with van der Waals surface area (Å²) in [5.41, 5.74) is 3.59. The highest BCUT2D eigenvalue weighted by molar-refractivity contribution is 7.89. The Morgan fingerprint density at radius 1 is 1.12 bits per heavy atom. The van der Waals surface area contributed by atoms with Crippen molar-refractivity contribution >= 4 is 20.9 Å². The van der Waals surface area contributed by atoms with Gasteiger partial charge in [-0.25, -0.2) is 17.5 Å². The van der Waals surface area contributed by atoms with Crippen molar-refractivity contribution in [3.8, 4) is 0 Å². The zero-order valence-electron chi connectivity index (χ0n) is 14.8. The summed E-state index contributed by atoms with van der Waals surface area (Å²) in [5, 5.41) is 0.827. The monoisotopic (exact) mass is 372 g/mol. The molecule has 1 heterocycles. The molecule has 3 aromatic rings. The van der Waals surface area contributed by atoms with Crippen LogP contribution in [0.4, 0.5) is 4.39 Å². The Labute approximate surface area is 152 Å². The van der Waals surface area contributed by atoms with Crippen molar-refractivity contribution in [3.05, 3.63) is 65.1 Å². The van der Waals surface area contributed by atoms with E-state index in [1.807, 2.05) is 26.1 Å². The number of H-pyrrole nitrogens is 1. The molecule has 0 unspecified atom stereocenters. The van der Waals surface area contributed by atoms with Crippen molar-refractivity contribution in [1.29, 1.82) is 0 Å². The maximum atomic E-state index is 13.6. The Morgan fingerprint density at radius 3 is 2.58 bits per heavy atom. The Bertz CT molecular complexity index is 1100. The minimum absolute atomic E-state index is 0.265. The molecule has 1 aliphatic carbocycles. The minimum atomic E-state index is -3.58. The first-order chi connectivity index (χ1) is 12.3. The number of rotatable bonds is 5. The molecule has 0 bridgehead atoms. The molecule has 6 heteroatoms. The fraction of sp³-hybridized carbons (Fsp3) is 0.300. The van der Waals surface area contributed by atoms with E-state index in [4.69, 9.17) is 0 Å². The molecule has 4 rings (SSSR count). The molecular weight excluding hydrogens is 351 g/mol. The maximum absolute atomic E-state index is 13.6. The molecule has 0 atom stereocenters. The van der Waals surface area contributed by atoms with Gasteiger partial charge in [-0.1, -0.05) is 6.07 Å². The second-order valence-electron chi connectivity index (χ2n) is 7.24. The number of aromatic amines is 1. The largest absolute Gasteiger partial charge is 0.361 e. The van der Waals surface area contributed by atoms with Gasteiger partial charge in [0.25, 0.3) is 0 Å². The van der Waals surface area contributed by atoms with Gasteiger partial charge in [0.15, 0.2) is 0 Å². The van der Waals surface area contributed by atoms with Gasteiger partial charge in [0.05, 0.1) is 4.90 Å². The Morgan fingerprint density at radius 2 is 1.88 bits per heavy atom. The van der Waals surface area contributed by atoms with E-state index in [1.165, 1.54) is 12.1 Å². The number of hydrogen-bond acceptors (Lipinski definition) is 2. The first-order valence-corrected chi connectivity index (χ1v) is 10.1. The Kier molecular flexibility index (Phi) is 3.93. The van der Waals surface area contributed by atoms with Crippen LogP contribution in [0.25, 0.3) is 10.9 Å². The Hall–Kier alpha value is -2.18. The predicted molar refractivity (Wildman–Crippen MR) is 100 cm³/mol. The molecule has 1 fully saturated rings. The summed E-state index contributed by atoms with van der Waals surface area (Å²) in [5.74, 6) is -0.287. The van der Waals surface area contributed by atoms with Crippen molar-refractivity contribution in [2.24, 2.45) is 0 Å². The zero-order chi connectivity index (χ0) is 18.5. The van der Waals surface area contributed by atoms with Gasteiger partial charge in [-0.2, -0.15) is 0 Å². The fourth-order valence-corrected chi connectivity index (χ4v) is 4.63. The Balaban J connectivity index is 1.60. The molecule has 1 aromatic heterocycles. The lowest BCUT2D eigenvalue weighted by atomic mass is 9.96. The number of halogens is 1. The second-order valence-corrected chi connectivity index (χ2v) is 9.01. The predicted octanol–water partition coefficient (Wildman–Crippen LogP) is 3.93. The summed E-state index contributed by atoms with van der Waals surface area (Å²) < 4.78 is 41.8. The van der Waals surface area contributed by atoms with Crippen molar-refractivity contribution in [2.75, 3.05) is 6.54 Å². The third-order valence-electron chi connectivity index (χ3n) is 5.46. The molecule has 0 spiro atoms. The van der Waals surface area contributed by atoms with Crippen LogP contribution in [-0.2, 0) is 15.4 Å². The van der Waals surface area contributed by atoms with E-state index in [0.29, 0.717) is 6.54 Å². The summed E-state index contributed by atoms with van der Waals surface area (Å²) in [6, 6.07) is 9.79. The lowest BCUT2D eigenvalue weighted by molar-refractivity contribution is 0.567. The second kappa shape index (κ2) is 5.93. The molecule has 0 amide bonds. The third-order valence-corrected chi connectivity index (χ3v) is 6.86. The number of aromatic nitrogens is 1. The summed E-state index contributed by atoms with van der Waals surface area (Å²) in [4.78, 5) is 3.44. The molecule has 26 heavy (non-hydrogen) atoms. The van der Waals surface area contributed by atoms with Crippen molar-refractivity contribution in [1.82, 2.24) is 9.71 Å². The van der Waals surface area contributed by atoms with Crippen molar-refractivity contribution < 1.29 is 12.8 Å². The number of benzene rings is 2. The average Bonchev–Trinajstić information content (AvgIpc) is 3.28. The normalized spacial score (nSPS) is 16.1. The molecule has 0 aliphatic heterocycles. The number of sulfonamides is 1. The van der Waals surface area contributed by atoms with Gasteiger partial charge in [0.2, 0.25) is 10.0 Å². The molecule has 2 N–H and O–H groups in total. The van der Waals surface area contributed by atoms with E-state index in [-0.39, 0.29) is 16.1 Å². The van der Waals surface area contributed by atoms with E-state index >= 15 is 0 Å². The van der Waals surface area contributed by atoms with Gasteiger partial charge in [-0.3, -0.25) is 0 Å². The average molecular weight is 372 g/mol. The van der Waals surface area contributed by atoms with Gasteiger partial charge in [-0.05, 0) is 73.7 Å². The highest BCUT2D eigenvalue weighted by Crippen LogP contribution is 2.50. The van der Waals surface area contributed by atoms with Crippen LogP contribution in [0.5, 0.6) is 0 Å². The zero-order valence-corrected chi connectivity index (χ0v) is 15.6. The van der Waals surface area contributed by atoms with Gasteiger partial charge < -0.3 is 4.98 Å². The molecule has 2 aromatic carbocycles. The summed E-state index contributed by atoms with van der Waals surface area (Å²) in [6.45, 7) is 4.16. The van der Waals surface area contributed by atoms with E-state index in [2.05, 4.69) is 9.71 Å². The van der Waals surface area contributed by atoms with Crippen LogP contribution >= 0.6 is 0 Å². The standard InChI is InChI=1S/C20H21FN2O2S/c1-13-3-5-16(9-14(13)2)26(24,25)23-12-20(7-8-20)18-11-22-19-6-4-15(21)10-17(18)19/h3-6,9-11,22-23H,7-8,12H2,1-2H3. The summed E-state index contributed by atoms with van der Waals surface area (Å²) in [7, 11) is -3.58. The smallest absolute Gasteiger partial charge is 0.240 e. The summed E-state index contributed by atoms with van der Waals surface area (Å²) in [6.07, 6.45) is 3.64. The molecule has 0 radical (unpaired) electrons. The number of fused-ring (bicyclic) bond motifs is 1. The van der Waals surface area contributed by atoms with Crippen LogP contribution in [0.15, 0.2) is 47.5 Å². The van der Waals surface area contributed by atoms with Gasteiger partial charge in [-0.15, -0.1) is 0 Å². The molecule has 1 aliphatic rings. The van der Waals surface area contributed by atoms with Gasteiger partial charge in [0.1, 0.15) is 5.82 Å². The molecule has 1 saturated carbocycles. The topological polar surface area (TPSA) is 62.0 Å². The lowest BCUT2D eigenvalue weighted by Gasteiger charge is -2.16. The minimum Gasteiger partial charge on any atom is -0.361 e. The number of nitrogens with one attached hydrogen (secondary N) is 2. The van der Waals surface area contributed by atoms with Crippen LogP contribution in [0.1, 0.15) is 29.5 Å². The maximum Gasteiger partial charge on any atom is 0.240 e. The first-order valence-electron chi connectivity index (χ1n) is 8.65. The van der Waals surface area contributed by atoms with E-state index < -0.39 is 10.0 Å².